The highest BCUT2D eigenvalue weighted by atomic mass is 32.2. The zero-order valence-corrected chi connectivity index (χ0v) is 16.5. The highest BCUT2D eigenvalue weighted by molar-refractivity contribution is 8.18. The molecule has 1 aromatic heterocycles. The quantitative estimate of drug-likeness (QED) is 0.339. The maximum absolute atomic E-state index is 13.1. The number of nitro benzene ring substituents is 1. The molecule has 2 heterocycles. The highest BCUT2D eigenvalue weighted by Gasteiger charge is 2.33. The summed E-state index contributed by atoms with van der Waals surface area (Å²) in [4.78, 5) is 34.3. The molecule has 7 nitrogen and oxygen atoms in total. The van der Waals surface area contributed by atoms with Crippen molar-refractivity contribution in [1.82, 2.24) is 9.88 Å². The highest BCUT2D eigenvalue weighted by Crippen LogP contribution is 2.35. The van der Waals surface area contributed by atoms with Gasteiger partial charge >= 0.3 is 0 Å². The molecule has 0 bridgehead atoms. The summed E-state index contributed by atoms with van der Waals surface area (Å²) >= 11 is 1.28. The van der Waals surface area contributed by atoms with Crippen LogP contribution in [0.1, 0.15) is 11.1 Å². The molecule has 1 aliphatic rings. The lowest BCUT2D eigenvalue weighted by Crippen LogP contribution is -2.28. The molecule has 0 atom stereocenters. The van der Waals surface area contributed by atoms with E-state index in [0.29, 0.717) is 22.2 Å². The predicted octanol–water partition coefficient (Wildman–Crippen LogP) is 4.79. The van der Waals surface area contributed by atoms with Gasteiger partial charge in [-0.15, -0.1) is 0 Å². The number of aromatic nitrogens is 1. The van der Waals surface area contributed by atoms with Crippen molar-refractivity contribution in [2.75, 3.05) is 0 Å². The fourth-order valence-corrected chi connectivity index (χ4v) is 3.86. The fourth-order valence-electron chi connectivity index (χ4n) is 2.86. The Kier molecular flexibility index (Phi) is 5.67. The molecule has 1 saturated heterocycles. The molecule has 0 unspecified atom stereocenters. The molecule has 0 N–H and O–H groups in total. The van der Waals surface area contributed by atoms with E-state index in [1.54, 1.807) is 35.5 Å². The summed E-state index contributed by atoms with van der Waals surface area (Å²) in [7, 11) is 0. The van der Waals surface area contributed by atoms with Crippen molar-refractivity contribution >= 4 is 40.3 Å². The Balaban J connectivity index is 1.67. The van der Waals surface area contributed by atoms with Crippen molar-refractivity contribution in [3.8, 4) is 0 Å². The van der Waals surface area contributed by atoms with Crippen LogP contribution >= 0.6 is 11.8 Å². The smallest absolute Gasteiger partial charge is 0.269 e. The number of carbonyl (C=O) groups excluding carboxylic acids is 1. The minimum Gasteiger partial charge on any atom is -0.282 e. The van der Waals surface area contributed by atoms with Crippen LogP contribution in [0.25, 0.3) is 6.08 Å². The SMILES string of the molecule is O=C1/C(=C\c2ccc([N+](=O)[O-])cc2)SC(=Nc2ccccc2)N1Cc1ccncc1. The first-order chi connectivity index (χ1) is 14.6. The van der Waals surface area contributed by atoms with Crippen LogP contribution in [0.5, 0.6) is 0 Å². The zero-order valence-electron chi connectivity index (χ0n) is 15.7. The number of hydrogen-bond donors (Lipinski definition) is 0. The Hall–Kier alpha value is -3.78. The van der Waals surface area contributed by atoms with E-state index in [2.05, 4.69) is 9.98 Å². The predicted molar refractivity (Wildman–Crippen MR) is 117 cm³/mol. The number of amides is 1. The van der Waals surface area contributed by atoms with Gasteiger partial charge in [-0.1, -0.05) is 18.2 Å². The van der Waals surface area contributed by atoms with Gasteiger partial charge in [0.05, 0.1) is 22.1 Å². The number of rotatable bonds is 5. The average molecular weight is 416 g/mol. The van der Waals surface area contributed by atoms with Crippen LogP contribution in [-0.4, -0.2) is 25.9 Å². The normalized spacial score (nSPS) is 16.4. The Bertz CT molecular complexity index is 1130. The van der Waals surface area contributed by atoms with Crippen molar-refractivity contribution in [3.63, 3.8) is 0 Å². The van der Waals surface area contributed by atoms with Crippen molar-refractivity contribution < 1.29 is 9.72 Å². The molecule has 1 fully saturated rings. The Morgan fingerprint density at radius 2 is 1.73 bits per heavy atom. The second kappa shape index (κ2) is 8.71. The fraction of sp³-hybridized carbons (Fsp3) is 0.0455. The summed E-state index contributed by atoms with van der Waals surface area (Å²) in [6.07, 6.45) is 5.10. The van der Waals surface area contributed by atoms with Crippen molar-refractivity contribution in [1.29, 1.82) is 0 Å². The molecule has 0 aliphatic carbocycles. The molecule has 1 amide bonds. The Morgan fingerprint density at radius 3 is 2.40 bits per heavy atom. The van der Waals surface area contributed by atoms with Gasteiger partial charge in [0.15, 0.2) is 5.17 Å². The number of para-hydroxylation sites is 1. The summed E-state index contributed by atoms with van der Waals surface area (Å²) in [6, 6.07) is 19.2. The number of thioether (sulfide) groups is 1. The van der Waals surface area contributed by atoms with Crippen LogP contribution in [0.4, 0.5) is 11.4 Å². The molecule has 0 radical (unpaired) electrons. The van der Waals surface area contributed by atoms with E-state index in [1.807, 2.05) is 42.5 Å². The number of amidine groups is 1. The lowest BCUT2D eigenvalue weighted by atomic mass is 10.2. The van der Waals surface area contributed by atoms with Gasteiger partial charge in [-0.05, 0) is 65.4 Å². The molecule has 1 aliphatic heterocycles. The van der Waals surface area contributed by atoms with E-state index < -0.39 is 4.92 Å². The number of nitro groups is 1. The number of non-ortho nitro benzene ring substituents is 1. The Labute approximate surface area is 176 Å². The van der Waals surface area contributed by atoms with Crippen LogP contribution in [0, 0.1) is 10.1 Å². The van der Waals surface area contributed by atoms with E-state index in [-0.39, 0.29) is 11.6 Å². The third kappa shape index (κ3) is 4.44. The van der Waals surface area contributed by atoms with E-state index in [9.17, 15) is 14.9 Å². The topological polar surface area (TPSA) is 88.7 Å². The maximum Gasteiger partial charge on any atom is 0.269 e. The van der Waals surface area contributed by atoms with Gasteiger partial charge < -0.3 is 0 Å². The van der Waals surface area contributed by atoms with Gasteiger partial charge in [0.25, 0.3) is 11.6 Å². The summed E-state index contributed by atoms with van der Waals surface area (Å²) < 4.78 is 0. The molecular formula is C22H16N4O3S. The van der Waals surface area contributed by atoms with Gasteiger partial charge in [-0.2, -0.15) is 0 Å². The van der Waals surface area contributed by atoms with Gasteiger partial charge in [0.1, 0.15) is 0 Å². The molecule has 148 valence electrons. The van der Waals surface area contributed by atoms with Crippen molar-refractivity contribution in [2.45, 2.75) is 6.54 Å². The van der Waals surface area contributed by atoms with Crippen LogP contribution in [-0.2, 0) is 11.3 Å². The van der Waals surface area contributed by atoms with Crippen LogP contribution in [0.3, 0.4) is 0 Å². The number of aliphatic imine (C=N–C) groups is 1. The molecule has 4 rings (SSSR count). The second-order valence-electron chi connectivity index (χ2n) is 6.44. The molecule has 3 aromatic rings. The van der Waals surface area contributed by atoms with E-state index >= 15 is 0 Å². The summed E-state index contributed by atoms with van der Waals surface area (Å²) in [6.45, 7) is 0.373. The number of benzene rings is 2. The molecule has 2 aromatic carbocycles. The van der Waals surface area contributed by atoms with Crippen molar-refractivity contribution in [3.05, 3.63) is 105 Å². The van der Waals surface area contributed by atoms with Crippen molar-refractivity contribution in [2.24, 2.45) is 4.99 Å². The summed E-state index contributed by atoms with van der Waals surface area (Å²) in [5, 5.41) is 11.4. The first-order valence-corrected chi connectivity index (χ1v) is 9.90. The van der Waals surface area contributed by atoms with E-state index in [1.165, 1.54) is 23.9 Å². The van der Waals surface area contributed by atoms with Gasteiger partial charge in [-0.3, -0.25) is 24.8 Å². The monoisotopic (exact) mass is 416 g/mol. The van der Waals surface area contributed by atoms with Gasteiger partial charge in [0.2, 0.25) is 0 Å². The Morgan fingerprint density at radius 1 is 1.03 bits per heavy atom. The van der Waals surface area contributed by atoms with Crippen LogP contribution in [0.2, 0.25) is 0 Å². The lowest BCUT2D eigenvalue weighted by Gasteiger charge is -2.15. The average Bonchev–Trinajstić information content (AvgIpc) is 3.04. The van der Waals surface area contributed by atoms with Gasteiger partial charge in [-0.25, -0.2) is 4.99 Å². The second-order valence-corrected chi connectivity index (χ2v) is 7.45. The summed E-state index contributed by atoms with van der Waals surface area (Å²) in [5.74, 6) is -0.162. The number of carbonyl (C=O) groups is 1. The minimum atomic E-state index is -0.451. The third-order valence-corrected chi connectivity index (χ3v) is 5.37. The first kappa shape index (κ1) is 19.5. The van der Waals surface area contributed by atoms with Crippen LogP contribution in [0.15, 0.2) is 89.0 Å². The maximum atomic E-state index is 13.1. The minimum absolute atomic E-state index is 0.00759. The summed E-state index contributed by atoms with van der Waals surface area (Å²) in [5.41, 5.74) is 2.41. The third-order valence-electron chi connectivity index (χ3n) is 4.36. The standard InChI is InChI=1S/C22H16N4O3S/c27-21-20(14-16-6-8-19(9-7-16)26(28)29)30-22(24-18-4-2-1-3-5-18)25(21)15-17-10-12-23-13-11-17/h1-14H,15H2/b20-14+,24-22?. The lowest BCUT2D eigenvalue weighted by molar-refractivity contribution is -0.384. The molecule has 8 heteroatoms. The number of pyridine rings is 1. The number of nitrogens with zero attached hydrogens (tertiary/aromatic N) is 4. The van der Waals surface area contributed by atoms with Crippen LogP contribution < -0.4 is 0 Å². The largest absolute Gasteiger partial charge is 0.282 e. The molecule has 0 saturated carbocycles. The number of hydrogen-bond acceptors (Lipinski definition) is 6. The van der Waals surface area contributed by atoms with Gasteiger partial charge in [0, 0.05) is 24.5 Å². The molecule has 0 spiro atoms. The molecule has 30 heavy (non-hydrogen) atoms. The first-order valence-electron chi connectivity index (χ1n) is 9.09. The molecular weight excluding hydrogens is 400 g/mol. The van der Waals surface area contributed by atoms with E-state index in [4.69, 9.17) is 0 Å². The zero-order chi connectivity index (χ0) is 20.9. The van der Waals surface area contributed by atoms with E-state index in [0.717, 1.165) is 11.3 Å².